The molecule has 0 aromatic rings. The fourth-order valence-electron chi connectivity index (χ4n) is 6.15. The molecule has 0 aliphatic carbocycles. The van der Waals surface area contributed by atoms with Gasteiger partial charge in [-0.05, 0) is 39.3 Å². The van der Waals surface area contributed by atoms with E-state index in [1.165, 1.54) is 31.7 Å². The van der Waals surface area contributed by atoms with E-state index in [1.807, 2.05) is 0 Å². The highest BCUT2D eigenvalue weighted by Gasteiger charge is 2.51. The number of rotatable bonds is 15. The molecular formula is C24H56O2Si3. The van der Waals surface area contributed by atoms with Gasteiger partial charge in [-0.2, -0.15) is 0 Å². The molecule has 0 aliphatic rings. The smallest absolute Gasteiger partial charge is 0.300 e. The van der Waals surface area contributed by atoms with Crippen LogP contribution in [0.5, 0.6) is 0 Å². The summed E-state index contributed by atoms with van der Waals surface area (Å²) in [6.45, 7) is 31.2. The van der Waals surface area contributed by atoms with E-state index in [1.54, 1.807) is 0 Å². The Hall–Kier alpha value is 0.571. The van der Waals surface area contributed by atoms with E-state index in [-0.39, 0.29) is 0 Å². The first-order valence-corrected chi connectivity index (χ1v) is 18.7. The van der Waals surface area contributed by atoms with Gasteiger partial charge in [0, 0.05) is 0 Å². The van der Waals surface area contributed by atoms with E-state index in [9.17, 15) is 0 Å². The largest absolute Gasteiger partial charge is 0.437 e. The van der Waals surface area contributed by atoms with Crippen LogP contribution in [0.25, 0.3) is 0 Å². The van der Waals surface area contributed by atoms with Crippen molar-refractivity contribution < 1.29 is 8.23 Å². The van der Waals surface area contributed by atoms with Crippen LogP contribution in [0.4, 0.5) is 0 Å². The lowest BCUT2D eigenvalue weighted by atomic mass is 10.2. The first kappa shape index (κ1) is 29.6. The minimum atomic E-state index is -1.90. The normalized spacial score (nSPS) is 14.1. The predicted octanol–water partition coefficient (Wildman–Crippen LogP) is 9.17. The van der Waals surface area contributed by atoms with Gasteiger partial charge in [-0.1, -0.05) is 116 Å². The van der Waals surface area contributed by atoms with Crippen LogP contribution in [0.15, 0.2) is 0 Å². The standard InChI is InChI=1S/C24H56O2Si3/c1-14-15-16-17-18-27(25-28(19(2)3,20(4)5)21(6)7)26-29(22(8)9,23(10)11)24(12)13/h19-24,27H,14-18H2,1-13H3. The van der Waals surface area contributed by atoms with Crippen LogP contribution < -0.4 is 0 Å². The lowest BCUT2D eigenvalue weighted by Crippen LogP contribution is -2.57. The van der Waals surface area contributed by atoms with E-state index in [4.69, 9.17) is 8.23 Å². The third-order valence-corrected chi connectivity index (χ3v) is 24.5. The van der Waals surface area contributed by atoms with Crippen molar-refractivity contribution in [3.63, 3.8) is 0 Å². The van der Waals surface area contributed by atoms with Gasteiger partial charge in [0.05, 0.1) is 0 Å². The van der Waals surface area contributed by atoms with E-state index in [0.29, 0.717) is 33.2 Å². The molecule has 0 N–H and O–H groups in total. The van der Waals surface area contributed by atoms with Gasteiger partial charge in [0.25, 0.3) is 0 Å². The monoisotopic (exact) mass is 460 g/mol. The molecule has 0 aliphatic heterocycles. The molecule has 0 radical (unpaired) electrons. The van der Waals surface area contributed by atoms with Gasteiger partial charge in [0.2, 0.25) is 0 Å². The molecule has 0 unspecified atom stereocenters. The van der Waals surface area contributed by atoms with Crippen LogP contribution in [0.2, 0.25) is 39.3 Å². The van der Waals surface area contributed by atoms with Gasteiger partial charge >= 0.3 is 9.28 Å². The Bertz CT molecular complexity index is 356. The molecule has 0 aromatic carbocycles. The van der Waals surface area contributed by atoms with Crippen LogP contribution in [0, 0.1) is 0 Å². The van der Waals surface area contributed by atoms with Crippen molar-refractivity contribution >= 4 is 25.9 Å². The van der Waals surface area contributed by atoms with Crippen molar-refractivity contribution in [1.82, 2.24) is 0 Å². The van der Waals surface area contributed by atoms with E-state index < -0.39 is 25.9 Å². The molecule has 0 atom stereocenters. The average Bonchev–Trinajstić information content (AvgIpc) is 2.58. The summed E-state index contributed by atoms with van der Waals surface area (Å²) in [6, 6.07) is 1.20. The maximum atomic E-state index is 7.40. The van der Waals surface area contributed by atoms with Crippen LogP contribution in [0.3, 0.4) is 0 Å². The summed E-state index contributed by atoms with van der Waals surface area (Å²) in [5.74, 6) is 0. The first-order chi connectivity index (χ1) is 13.3. The highest BCUT2D eigenvalue weighted by Crippen LogP contribution is 2.46. The van der Waals surface area contributed by atoms with Crippen molar-refractivity contribution in [1.29, 1.82) is 0 Å². The molecule has 0 aromatic heterocycles. The Kier molecular flexibility index (Phi) is 13.5. The van der Waals surface area contributed by atoms with E-state index in [2.05, 4.69) is 90.0 Å². The van der Waals surface area contributed by atoms with Gasteiger partial charge in [-0.3, -0.25) is 0 Å². The Labute approximate surface area is 189 Å². The molecule has 29 heavy (non-hydrogen) atoms. The summed E-state index contributed by atoms with van der Waals surface area (Å²) in [5, 5.41) is 0. The molecular weight excluding hydrogens is 405 g/mol. The zero-order chi connectivity index (χ0) is 23.0. The van der Waals surface area contributed by atoms with Crippen LogP contribution in [-0.2, 0) is 8.23 Å². The molecule has 0 spiro atoms. The predicted molar refractivity (Wildman–Crippen MR) is 140 cm³/mol. The fraction of sp³-hybridized carbons (Fsp3) is 1.00. The number of unbranched alkanes of at least 4 members (excludes halogenated alkanes) is 3. The van der Waals surface area contributed by atoms with Crippen molar-refractivity contribution in [3.8, 4) is 0 Å². The molecule has 0 fully saturated rings. The van der Waals surface area contributed by atoms with Crippen molar-refractivity contribution in [2.24, 2.45) is 0 Å². The van der Waals surface area contributed by atoms with Gasteiger partial charge < -0.3 is 8.23 Å². The zero-order valence-corrected chi connectivity index (χ0v) is 25.5. The van der Waals surface area contributed by atoms with Crippen molar-refractivity contribution in [3.05, 3.63) is 0 Å². The summed E-state index contributed by atoms with van der Waals surface area (Å²) < 4.78 is 14.8. The molecule has 0 saturated heterocycles. The fourth-order valence-corrected chi connectivity index (χ4v) is 26.5. The van der Waals surface area contributed by atoms with Crippen molar-refractivity contribution in [2.75, 3.05) is 0 Å². The first-order valence-electron chi connectivity index (χ1n) is 12.7. The van der Waals surface area contributed by atoms with Gasteiger partial charge in [-0.25, -0.2) is 0 Å². The quantitative estimate of drug-likeness (QED) is 0.179. The highest BCUT2D eigenvalue weighted by molar-refractivity contribution is 6.86. The van der Waals surface area contributed by atoms with Crippen LogP contribution in [0.1, 0.15) is 116 Å². The molecule has 0 amide bonds. The maximum absolute atomic E-state index is 7.40. The Morgan fingerprint density at radius 1 is 0.517 bits per heavy atom. The molecule has 0 rings (SSSR count). The molecule has 0 bridgehead atoms. The number of hydrogen-bond acceptors (Lipinski definition) is 2. The summed E-state index contributed by atoms with van der Waals surface area (Å²) in [4.78, 5) is 0. The third kappa shape index (κ3) is 7.30. The SMILES string of the molecule is CCCCCC[SiH](O[Si](C(C)C)(C(C)C)C(C)C)O[Si](C(C)C)(C(C)C)C(C)C. The Morgan fingerprint density at radius 2 is 0.828 bits per heavy atom. The van der Waals surface area contributed by atoms with Gasteiger partial charge in [0.1, 0.15) is 0 Å². The third-order valence-electron chi connectivity index (χ3n) is 7.38. The number of hydrogen-bond donors (Lipinski definition) is 0. The van der Waals surface area contributed by atoms with Gasteiger partial charge in [0.15, 0.2) is 16.6 Å². The molecule has 0 saturated carbocycles. The molecule has 0 heterocycles. The molecule has 5 heteroatoms. The Balaban J connectivity index is 6.01. The minimum absolute atomic E-state index is 0.630. The van der Waals surface area contributed by atoms with Crippen LogP contribution in [-0.4, -0.2) is 25.9 Å². The van der Waals surface area contributed by atoms with E-state index in [0.717, 1.165) is 0 Å². The summed E-state index contributed by atoms with van der Waals surface area (Å²) in [7, 11) is -5.55. The summed E-state index contributed by atoms with van der Waals surface area (Å²) in [5.41, 5.74) is 3.78. The highest BCUT2D eigenvalue weighted by atomic mass is 28.4. The van der Waals surface area contributed by atoms with Crippen LogP contribution >= 0.6 is 0 Å². The second-order valence-corrected chi connectivity index (χ2v) is 24.8. The second-order valence-electron chi connectivity index (χ2n) is 11.1. The maximum Gasteiger partial charge on any atom is 0.300 e. The average molecular weight is 461 g/mol. The molecule has 2 nitrogen and oxygen atoms in total. The zero-order valence-electron chi connectivity index (χ0n) is 22.4. The second kappa shape index (κ2) is 13.2. The lowest BCUT2D eigenvalue weighted by molar-refractivity contribution is 0.361. The topological polar surface area (TPSA) is 18.5 Å². The molecule has 176 valence electrons. The summed E-state index contributed by atoms with van der Waals surface area (Å²) >= 11 is 0. The Morgan fingerprint density at radius 3 is 1.07 bits per heavy atom. The summed E-state index contributed by atoms with van der Waals surface area (Å²) in [6.07, 6.45) is 5.23. The minimum Gasteiger partial charge on any atom is -0.437 e. The van der Waals surface area contributed by atoms with Crippen molar-refractivity contribution in [2.45, 2.75) is 155 Å². The lowest BCUT2D eigenvalue weighted by Gasteiger charge is -2.49. The van der Waals surface area contributed by atoms with Gasteiger partial charge in [-0.15, -0.1) is 0 Å². The van der Waals surface area contributed by atoms with E-state index >= 15 is 0 Å².